The van der Waals surface area contributed by atoms with Gasteiger partial charge in [0, 0.05) is 5.56 Å². The van der Waals surface area contributed by atoms with E-state index in [0.29, 0.717) is 24.3 Å². The van der Waals surface area contributed by atoms with Crippen LogP contribution in [0, 0.1) is 28.9 Å². The Kier molecular flexibility index (Phi) is 5.81. The number of hydrogen-bond acceptors (Lipinski definition) is 1. The Balaban J connectivity index is 1.50. The number of halogens is 2. The minimum Gasteiger partial charge on any atom is -0.206 e. The zero-order chi connectivity index (χ0) is 20.4. The highest BCUT2D eigenvalue weighted by Gasteiger charge is 2.23. The van der Waals surface area contributed by atoms with Crippen molar-refractivity contribution < 1.29 is 8.78 Å². The van der Waals surface area contributed by atoms with Crippen molar-refractivity contribution >= 4 is 5.57 Å². The molecule has 4 rings (SSSR count). The van der Waals surface area contributed by atoms with Crippen LogP contribution in [-0.4, -0.2) is 0 Å². The fraction of sp³-hybridized carbons (Fsp3) is 0.423. The molecule has 0 N–H and O–H groups in total. The lowest BCUT2D eigenvalue weighted by atomic mass is 9.77. The second-order valence-corrected chi connectivity index (χ2v) is 8.57. The summed E-state index contributed by atoms with van der Waals surface area (Å²) >= 11 is 0. The van der Waals surface area contributed by atoms with Crippen LogP contribution in [0.5, 0.6) is 0 Å². The first kappa shape index (κ1) is 19.8. The summed E-state index contributed by atoms with van der Waals surface area (Å²) in [6.45, 7) is 2.25. The summed E-state index contributed by atoms with van der Waals surface area (Å²) in [5, 5.41) is 9.01. The van der Waals surface area contributed by atoms with Crippen molar-refractivity contribution in [1.29, 1.82) is 5.26 Å². The van der Waals surface area contributed by atoms with Gasteiger partial charge >= 0.3 is 0 Å². The smallest absolute Gasteiger partial charge is 0.141 e. The maximum absolute atomic E-state index is 15.0. The summed E-state index contributed by atoms with van der Waals surface area (Å²) in [5.74, 6) is 0.630. The molecule has 150 valence electrons. The van der Waals surface area contributed by atoms with E-state index in [9.17, 15) is 4.39 Å². The van der Waals surface area contributed by atoms with Crippen molar-refractivity contribution in [3.05, 3.63) is 75.9 Å². The lowest BCUT2D eigenvalue weighted by Crippen LogP contribution is -2.13. The van der Waals surface area contributed by atoms with Crippen molar-refractivity contribution in [2.75, 3.05) is 0 Å². The number of allylic oxidation sites excluding steroid dienone is 2. The standard InChI is InChI=1S/C26H27F2N/c1-2-3-17-4-6-18(7-5-17)20-10-11-24(26(28)14-20)21-9-8-19-12-23(16-29)25(27)15-22(19)13-21/h9-12,14-15,17-18H,2-8,13H2,1H3. The molecule has 0 unspecified atom stereocenters. The van der Waals surface area contributed by atoms with Crippen LogP contribution >= 0.6 is 0 Å². The molecule has 0 spiro atoms. The second-order valence-electron chi connectivity index (χ2n) is 8.57. The van der Waals surface area contributed by atoms with Crippen molar-refractivity contribution in [1.82, 2.24) is 0 Å². The summed E-state index contributed by atoms with van der Waals surface area (Å²) < 4.78 is 29.0. The summed E-state index contributed by atoms with van der Waals surface area (Å²) in [7, 11) is 0. The molecule has 0 aromatic heterocycles. The maximum Gasteiger partial charge on any atom is 0.141 e. The van der Waals surface area contributed by atoms with Gasteiger partial charge < -0.3 is 0 Å². The third kappa shape index (κ3) is 4.13. The highest BCUT2D eigenvalue weighted by molar-refractivity contribution is 5.71. The molecule has 2 aromatic rings. The van der Waals surface area contributed by atoms with Crippen LogP contribution < -0.4 is 0 Å². The Hall–Kier alpha value is -2.47. The predicted octanol–water partition coefficient (Wildman–Crippen LogP) is 7.09. The van der Waals surface area contributed by atoms with Crippen LogP contribution in [0.2, 0.25) is 0 Å². The van der Waals surface area contributed by atoms with Gasteiger partial charge in [-0.1, -0.05) is 38.0 Å². The molecule has 0 heterocycles. The normalized spacial score (nSPS) is 21.2. The molecule has 1 nitrogen and oxygen atoms in total. The maximum atomic E-state index is 15.0. The third-order valence-electron chi connectivity index (χ3n) is 6.71. The van der Waals surface area contributed by atoms with Crippen LogP contribution in [0.4, 0.5) is 8.78 Å². The Bertz CT molecular complexity index is 975. The molecule has 1 saturated carbocycles. The van der Waals surface area contributed by atoms with E-state index in [1.54, 1.807) is 12.1 Å². The van der Waals surface area contributed by atoms with E-state index < -0.39 is 5.82 Å². The number of fused-ring (bicyclic) bond motifs is 1. The van der Waals surface area contributed by atoms with Crippen molar-refractivity contribution in [3.8, 4) is 6.07 Å². The molecule has 2 aliphatic rings. The van der Waals surface area contributed by atoms with Crippen LogP contribution in [0.15, 0.2) is 36.4 Å². The number of benzene rings is 2. The van der Waals surface area contributed by atoms with Crippen molar-refractivity contribution in [3.63, 3.8) is 0 Å². The molecule has 2 aliphatic carbocycles. The minimum atomic E-state index is -0.498. The van der Waals surface area contributed by atoms with E-state index in [-0.39, 0.29) is 11.4 Å². The molecule has 29 heavy (non-hydrogen) atoms. The second kappa shape index (κ2) is 8.49. The number of hydrogen-bond donors (Lipinski definition) is 0. The molecule has 0 amide bonds. The highest BCUT2D eigenvalue weighted by atomic mass is 19.1. The lowest BCUT2D eigenvalue weighted by molar-refractivity contribution is 0.308. The quantitative estimate of drug-likeness (QED) is 0.546. The number of rotatable bonds is 4. The molecule has 2 aromatic carbocycles. The number of nitrogens with zero attached hydrogens (tertiary/aromatic N) is 1. The van der Waals surface area contributed by atoms with Gasteiger partial charge in [-0.05, 0) is 90.8 Å². The Morgan fingerprint density at radius 1 is 1.00 bits per heavy atom. The van der Waals surface area contributed by atoms with Gasteiger partial charge in [0.15, 0.2) is 0 Å². The van der Waals surface area contributed by atoms with Gasteiger partial charge in [0.1, 0.15) is 17.7 Å². The molecule has 0 saturated heterocycles. The first-order valence-corrected chi connectivity index (χ1v) is 10.8. The van der Waals surface area contributed by atoms with E-state index in [1.807, 2.05) is 18.2 Å². The molecule has 0 aliphatic heterocycles. The van der Waals surface area contributed by atoms with Gasteiger partial charge in [-0.25, -0.2) is 8.78 Å². The molecule has 1 fully saturated rings. The van der Waals surface area contributed by atoms with Gasteiger partial charge in [-0.2, -0.15) is 5.26 Å². The van der Waals surface area contributed by atoms with E-state index >= 15 is 4.39 Å². The lowest BCUT2D eigenvalue weighted by Gasteiger charge is -2.29. The van der Waals surface area contributed by atoms with Crippen molar-refractivity contribution in [2.24, 2.45) is 5.92 Å². The van der Waals surface area contributed by atoms with Crippen LogP contribution in [0.3, 0.4) is 0 Å². The van der Waals surface area contributed by atoms with E-state index in [1.165, 1.54) is 31.7 Å². The summed E-state index contributed by atoms with van der Waals surface area (Å²) in [4.78, 5) is 0. The fourth-order valence-corrected chi connectivity index (χ4v) is 5.05. The zero-order valence-electron chi connectivity index (χ0n) is 17.0. The SMILES string of the molecule is CCCC1CCC(c2ccc(C3=CCc4cc(C#N)c(F)cc4C3)c(F)c2)CC1. The minimum absolute atomic E-state index is 0.0739. The largest absolute Gasteiger partial charge is 0.206 e. The average Bonchev–Trinajstić information content (AvgIpc) is 2.73. The highest BCUT2D eigenvalue weighted by Crippen LogP contribution is 2.39. The summed E-state index contributed by atoms with van der Waals surface area (Å²) in [5.41, 5.74) is 4.50. The van der Waals surface area contributed by atoms with E-state index in [2.05, 4.69) is 13.0 Å². The van der Waals surface area contributed by atoms with Gasteiger partial charge in [-0.15, -0.1) is 0 Å². The predicted molar refractivity (Wildman–Crippen MR) is 113 cm³/mol. The first-order valence-electron chi connectivity index (χ1n) is 10.8. The van der Waals surface area contributed by atoms with Crippen LogP contribution in [0.1, 0.15) is 79.2 Å². The molecular formula is C26H27F2N. The van der Waals surface area contributed by atoms with Gasteiger partial charge in [0.05, 0.1) is 5.56 Å². The molecule has 0 atom stereocenters. The number of nitriles is 1. The summed E-state index contributed by atoms with van der Waals surface area (Å²) in [6, 6.07) is 10.6. The third-order valence-corrected chi connectivity index (χ3v) is 6.71. The first-order chi connectivity index (χ1) is 14.1. The van der Waals surface area contributed by atoms with E-state index in [0.717, 1.165) is 41.0 Å². The van der Waals surface area contributed by atoms with Gasteiger partial charge in [0.25, 0.3) is 0 Å². The molecule has 0 radical (unpaired) electrons. The Morgan fingerprint density at radius 2 is 1.79 bits per heavy atom. The monoisotopic (exact) mass is 391 g/mol. The molecule has 0 bridgehead atoms. The topological polar surface area (TPSA) is 23.8 Å². The zero-order valence-corrected chi connectivity index (χ0v) is 17.0. The van der Waals surface area contributed by atoms with E-state index in [4.69, 9.17) is 5.26 Å². The van der Waals surface area contributed by atoms with Gasteiger partial charge in [-0.3, -0.25) is 0 Å². The van der Waals surface area contributed by atoms with Gasteiger partial charge in [0.2, 0.25) is 0 Å². The van der Waals surface area contributed by atoms with Crippen molar-refractivity contribution in [2.45, 2.75) is 64.2 Å². The molecule has 3 heteroatoms. The fourth-order valence-electron chi connectivity index (χ4n) is 5.05. The Labute approximate surface area is 172 Å². The van der Waals surface area contributed by atoms with Crippen LogP contribution in [-0.2, 0) is 12.8 Å². The Morgan fingerprint density at radius 3 is 2.48 bits per heavy atom. The molecular weight excluding hydrogens is 364 g/mol. The average molecular weight is 392 g/mol. The summed E-state index contributed by atoms with van der Waals surface area (Å²) in [6.07, 6.45) is 10.5. The van der Waals surface area contributed by atoms with Crippen LogP contribution in [0.25, 0.3) is 5.57 Å².